The molecule has 1 aliphatic carbocycles. The van der Waals surface area contributed by atoms with Crippen LogP contribution in [0.2, 0.25) is 0 Å². The highest BCUT2D eigenvalue weighted by Crippen LogP contribution is 2.42. The molecule has 0 saturated carbocycles. The van der Waals surface area contributed by atoms with Gasteiger partial charge in [-0.05, 0) is 36.6 Å². The van der Waals surface area contributed by atoms with E-state index < -0.39 is 11.4 Å². The zero-order valence-electron chi connectivity index (χ0n) is 10.3. The lowest BCUT2D eigenvalue weighted by atomic mass is 9.80. The molecule has 2 rings (SSSR count). The van der Waals surface area contributed by atoms with Crippen molar-refractivity contribution in [2.45, 2.75) is 39.0 Å². The van der Waals surface area contributed by atoms with Gasteiger partial charge in [-0.15, -0.1) is 0 Å². The number of carboxylic acids is 1. The standard InChI is InChI=1S/C14H16O3/c1-8-4-10-11(5-9(8)2)14(3,6-12(10)15)7-13(16)17/h4-5H,6-7H2,1-3H3,(H,16,17). The molecule has 0 aliphatic heterocycles. The second kappa shape index (κ2) is 3.69. The molecule has 0 fully saturated rings. The van der Waals surface area contributed by atoms with Crippen molar-refractivity contribution >= 4 is 11.8 Å². The number of carbonyl (C=O) groups excluding carboxylic acids is 1. The number of carbonyl (C=O) groups is 2. The van der Waals surface area contributed by atoms with E-state index in [1.807, 2.05) is 32.9 Å². The van der Waals surface area contributed by atoms with E-state index >= 15 is 0 Å². The Kier molecular flexibility index (Phi) is 2.57. The highest BCUT2D eigenvalue weighted by molar-refractivity contribution is 6.03. The molecule has 0 amide bonds. The molecule has 1 N–H and O–H groups in total. The second-order valence-corrected chi connectivity index (χ2v) is 5.21. The summed E-state index contributed by atoms with van der Waals surface area (Å²) in [5, 5.41) is 8.96. The van der Waals surface area contributed by atoms with Crippen LogP contribution < -0.4 is 0 Å². The third-order valence-corrected chi connectivity index (χ3v) is 3.68. The van der Waals surface area contributed by atoms with Gasteiger partial charge < -0.3 is 5.11 Å². The molecule has 0 aromatic heterocycles. The number of aliphatic carboxylic acids is 1. The SMILES string of the molecule is Cc1cc2c(cc1C)C(C)(CC(=O)O)CC2=O. The molecule has 0 heterocycles. The third kappa shape index (κ3) is 1.86. The minimum atomic E-state index is -0.855. The van der Waals surface area contributed by atoms with Crippen molar-refractivity contribution in [1.29, 1.82) is 0 Å². The lowest BCUT2D eigenvalue weighted by Crippen LogP contribution is -2.23. The van der Waals surface area contributed by atoms with E-state index in [2.05, 4.69) is 0 Å². The Hall–Kier alpha value is -1.64. The number of aryl methyl sites for hydroxylation is 2. The average Bonchev–Trinajstić information content (AvgIpc) is 2.40. The zero-order chi connectivity index (χ0) is 12.8. The minimum absolute atomic E-state index is 0.00818. The van der Waals surface area contributed by atoms with E-state index in [9.17, 15) is 9.59 Å². The van der Waals surface area contributed by atoms with Gasteiger partial charge in [0.25, 0.3) is 0 Å². The van der Waals surface area contributed by atoms with Crippen molar-refractivity contribution in [1.82, 2.24) is 0 Å². The van der Waals surface area contributed by atoms with Crippen LogP contribution in [0.15, 0.2) is 12.1 Å². The zero-order valence-corrected chi connectivity index (χ0v) is 10.3. The van der Waals surface area contributed by atoms with Gasteiger partial charge in [-0.2, -0.15) is 0 Å². The lowest BCUT2D eigenvalue weighted by Gasteiger charge is -2.22. The maximum absolute atomic E-state index is 11.9. The number of hydrogen-bond donors (Lipinski definition) is 1. The first kappa shape index (κ1) is 11.8. The molecule has 1 unspecified atom stereocenters. The van der Waals surface area contributed by atoms with Gasteiger partial charge in [0.05, 0.1) is 6.42 Å². The first-order chi connectivity index (χ1) is 7.83. The van der Waals surface area contributed by atoms with Crippen LogP contribution in [0.5, 0.6) is 0 Å². The fraction of sp³-hybridized carbons (Fsp3) is 0.429. The largest absolute Gasteiger partial charge is 0.481 e. The Bertz CT molecular complexity index is 516. The number of rotatable bonds is 2. The van der Waals surface area contributed by atoms with Crippen LogP contribution in [-0.4, -0.2) is 16.9 Å². The molecule has 1 atom stereocenters. The molecule has 0 radical (unpaired) electrons. The molecule has 1 aromatic rings. The van der Waals surface area contributed by atoms with Crippen molar-refractivity contribution in [3.63, 3.8) is 0 Å². The topological polar surface area (TPSA) is 54.4 Å². The van der Waals surface area contributed by atoms with Crippen molar-refractivity contribution in [3.8, 4) is 0 Å². The highest BCUT2D eigenvalue weighted by atomic mass is 16.4. The molecule has 0 spiro atoms. The molecule has 17 heavy (non-hydrogen) atoms. The van der Waals surface area contributed by atoms with Crippen LogP contribution in [0.3, 0.4) is 0 Å². The summed E-state index contributed by atoms with van der Waals surface area (Å²) in [5.41, 5.74) is 3.24. The maximum atomic E-state index is 11.9. The molecule has 3 nitrogen and oxygen atoms in total. The molecule has 1 aromatic carbocycles. The normalized spacial score (nSPS) is 22.6. The number of benzene rings is 1. The summed E-state index contributed by atoms with van der Waals surface area (Å²) in [5.74, 6) is -0.793. The Morgan fingerprint density at radius 1 is 1.35 bits per heavy atom. The third-order valence-electron chi connectivity index (χ3n) is 3.68. The van der Waals surface area contributed by atoms with Crippen molar-refractivity contribution in [3.05, 3.63) is 34.4 Å². The Morgan fingerprint density at radius 2 is 1.94 bits per heavy atom. The molecule has 0 bridgehead atoms. The smallest absolute Gasteiger partial charge is 0.304 e. The number of carboxylic acid groups (broad SMARTS) is 1. The van der Waals surface area contributed by atoms with Gasteiger partial charge in [-0.3, -0.25) is 9.59 Å². The van der Waals surface area contributed by atoms with Crippen LogP contribution in [0.1, 0.15) is 46.8 Å². The van der Waals surface area contributed by atoms with Gasteiger partial charge in [-0.1, -0.05) is 13.0 Å². The van der Waals surface area contributed by atoms with Crippen LogP contribution in [0.25, 0.3) is 0 Å². The molecule has 90 valence electrons. The summed E-state index contributed by atoms with van der Waals surface area (Å²) >= 11 is 0. The summed E-state index contributed by atoms with van der Waals surface area (Å²) in [6, 6.07) is 3.86. The molecule has 0 saturated heterocycles. The Morgan fingerprint density at radius 3 is 2.53 bits per heavy atom. The van der Waals surface area contributed by atoms with Crippen molar-refractivity contribution < 1.29 is 14.7 Å². The molecule has 3 heteroatoms. The van der Waals surface area contributed by atoms with E-state index in [0.717, 1.165) is 16.7 Å². The highest BCUT2D eigenvalue weighted by Gasteiger charge is 2.41. The number of fused-ring (bicyclic) bond motifs is 1. The van der Waals surface area contributed by atoms with Crippen LogP contribution in [-0.2, 0) is 10.2 Å². The maximum Gasteiger partial charge on any atom is 0.304 e. The van der Waals surface area contributed by atoms with Crippen LogP contribution >= 0.6 is 0 Å². The van der Waals surface area contributed by atoms with Gasteiger partial charge >= 0.3 is 5.97 Å². The summed E-state index contributed by atoms with van der Waals surface area (Å²) < 4.78 is 0. The quantitative estimate of drug-likeness (QED) is 0.852. The summed E-state index contributed by atoms with van der Waals surface area (Å²) in [6.07, 6.45) is 0.311. The number of ketones is 1. The minimum Gasteiger partial charge on any atom is -0.481 e. The van der Waals surface area contributed by atoms with E-state index in [0.29, 0.717) is 12.0 Å². The van der Waals surface area contributed by atoms with Gasteiger partial charge in [-0.25, -0.2) is 0 Å². The molecule has 1 aliphatic rings. The lowest BCUT2D eigenvalue weighted by molar-refractivity contribution is -0.138. The van der Waals surface area contributed by atoms with E-state index in [-0.39, 0.29) is 12.2 Å². The second-order valence-electron chi connectivity index (χ2n) is 5.21. The van der Waals surface area contributed by atoms with Crippen molar-refractivity contribution in [2.75, 3.05) is 0 Å². The van der Waals surface area contributed by atoms with Gasteiger partial charge in [0, 0.05) is 17.4 Å². The van der Waals surface area contributed by atoms with Crippen molar-refractivity contribution in [2.24, 2.45) is 0 Å². The fourth-order valence-electron chi connectivity index (χ4n) is 2.58. The summed E-state index contributed by atoms with van der Waals surface area (Å²) in [7, 11) is 0. The predicted molar refractivity (Wildman–Crippen MR) is 64.5 cm³/mol. The Labute approximate surface area is 100 Å². The van der Waals surface area contributed by atoms with Gasteiger partial charge in [0.1, 0.15) is 0 Å². The first-order valence-corrected chi connectivity index (χ1v) is 5.70. The summed E-state index contributed by atoms with van der Waals surface area (Å²) in [4.78, 5) is 22.9. The van der Waals surface area contributed by atoms with E-state index in [1.165, 1.54) is 0 Å². The monoisotopic (exact) mass is 232 g/mol. The van der Waals surface area contributed by atoms with Crippen LogP contribution in [0.4, 0.5) is 0 Å². The first-order valence-electron chi connectivity index (χ1n) is 5.70. The van der Waals surface area contributed by atoms with Gasteiger partial charge in [0.15, 0.2) is 5.78 Å². The van der Waals surface area contributed by atoms with Gasteiger partial charge in [0.2, 0.25) is 0 Å². The fourth-order valence-corrected chi connectivity index (χ4v) is 2.58. The van der Waals surface area contributed by atoms with E-state index in [1.54, 1.807) is 0 Å². The average molecular weight is 232 g/mol. The number of Topliss-reactive ketones (excluding diaryl/α,β-unsaturated/α-hetero) is 1. The van der Waals surface area contributed by atoms with Crippen LogP contribution in [0, 0.1) is 13.8 Å². The molecular formula is C14H16O3. The summed E-state index contributed by atoms with van der Waals surface area (Å²) in [6.45, 7) is 5.81. The number of hydrogen-bond acceptors (Lipinski definition) is 2. The molecular weight excluding hydrogens is 216 g/mol. The van der Waals surface area contributed by atoms with E-state index in [4.69, 9.17) is 5.11 Å². The predicted octanol–water partition coefficient (Wildman–Crippen LogP) is 2.62. The Balaban J connectivity index is 2.57.